The van der Waals surface area contributed by atoms with Gasteiger partial charge in [0.25, 0.3) is 0 Å². The highest BCUT2D eigenvalue weighted by atomic mass is 16.3. The van der Waals surface area contributed by atoms with Crippen LogP contribution < -0.4 is 0 Å². The minimum Gasteiger partial charge on any atom is -0.385 e. The summed E-state index contributed by atoms with van der Waals surface area (Å²) in [5.74, 6) is -0.0304. The van der Waals surface area contributed by atoms with E-state index in [0.717, 1.165) is 32.0 Å². The Morgan fingerprint density at radius 1 is 1.39 bits per heavy atom. The molecule has 1 fully saturated rings. The number of carbonyl (C=O) groups is 2. The van der Waals surface area contributed by atoms with Crippen LogP contribution in [0.3, 0.4) is 0 Å². The first-order valence-corrected chi connectivity index (χ1v) is 8.89. The fraction of sp³-hybridized carbons (Fsp3) is 0.700. The van der Waals surface area contributed by atoms with Crippen LogP contribution >= 0.6 is 0 Å². The van der Waals surface area contributed by atoms with Crippen LogP contribution in [-0.4, -0.2) is 23.3 Å². The number of carbonyl (C=O) groups excluding carboxylic acids is 2. The second-order valence-electron chi connectivity index (χ2n) is 8.30. The van der Waals surface area contributed by atoms with E-state index >= 15 is 0 Å². The van der Waals surface area contributed by atoms with Gasteiger partial charge in [0, 0.05) is 0 Å². The van der Waals surface area contributed by atoms with Crippen molar-refractivity contribution in [1.29, 1.82) is 0 Å². The van der Waals surface area contributed by atoms with Crippen LogP contribution in [0.2, 0.25) is 0 Å². The second-order valence-corrected chi connectivity index (χ2v) is 8.30. The molecule has 0 heterocycles. The van der Waals surface area contributed by atoms with Gasteiger partial charge in [-0.3, -0.25) is 9.59 Å². The number of aliphatic hydroxyl groups excluding tert-OH is 1. The van der Waals surface area contributed by atoms with Crippen molar-refractivity contribution in [2.45, 2.75) is 59.5 Å². The molecule has 3 aliphatic carbocycles. The van der Waals surface area contributed by atoms with E-state index in [-0.39, 0.29) is 23.0 Å². The van der Waals surface area contributed by atoms with Crippen LogP contribution in [0.1, 0.15) is 53.4 Å². The molecule has 5 unspecified atom stereocenters. The van der Waals surface area contributed by atoms with Crippen molar-refractivity contribution in [1.82, 2.24) is 0 Å². The molecule has 0 radical (unpaired) electrons. The summed E-state index contributed by atoms with van der Waals surface area (Å²) in [6, 6.07) is 0. The summed E-state index contributed by atoms with van der Waals surface area (Å²) in [5.41, 5.74) is 3.70. The maximum atomic E-state index is 12.5. The molecule has 0 amide bonds. The smallest absolute Gasteiger partial charge is 0.169 e. The fourth-order valence-corrected chi connectivity index (χ4v) is 5.24. The van der Waals surface area contributed by atoms with E-state index in [0.29, 0.717) is 11.5 Å². The molecule has 3 rings (SSSR count). The molecule has 0 saturated heterocycles. The summed E-state index contributed by atoms with van der Waals surface area (Å²) in [7, 11) is 0. The number of hydrogen-bond donors (Lipinski definition) is 1. The Hall–Kier alpha value is -1.22. The molecule has 3 heteroatoms. The predicted octanol–water partition coefficient (Wildman–Crippen LogP) is 3.47. The Labute approximate surface area is 138 Å². The highest BCUT2D eigenvalue weighted by Crippen LogP contribution is 2.55. The lowest BCUT2D eigenvalue weighted by Gasteiger charge is -2.36. The van der Waals surface area contributed by atoms with Gasteiger partial charge in [0.2, 0.25) is 0 Å². The zero-order chi connectivity index (χ0) is 16.9. The van der Waals surface area contributed by atoms with Gasteiger partial charge in [-0.1, -0.05) is 44.9 Å². The minimum atomic E-state index is -0.923. The second kappa shape index (κ2) is 5.70. The molecule has 0 aliphatic heterocycles. The van der Waals surface area contributed by atoms with Crippen molar-refractivity contribution in [3.63, 3.8) is 0 Å². The molecule has 3 nitrogen and oxygen atoms in total. The number of ketones is 1. The first kappa shape index (κ1) is 16.6. The van der Waals surface area contributed by atoms with Gasteiger partial charge >= 0.3 is 0 Å². The van der Waals surface area contributed by atoms with Gasteiger partial charge in [0.05, 0.1) is 5.92 Å². The highest BCUT2D eigenvalue weighted by Gasteiger charge is 2.52. The van der Waals surface area contributed by atoms with E-state index in [4.69, 9.17) is 0 Å². The number of aliphatic hydroxyl groups is 1. The van der Waals surface area contributed by atoms with Crippen molar-refractivity contribution >= 4 is 12.1 Å². The molecule has 23 heavy (non-hydrogen) atoms. The molecule has 5 atom stereocenters. The molecule has 1 saturated carbocycles. The lowest BCUT2D eigenvalue weighted by Crippen LogP contribution is -2.29. The van der Waals surface area contributed by atoms with Crippen LogP contribution in [0.5, 0.6) is 0 Å². The first-order chi connectivity index (χ1) is 10.8. The van der Waals surface area contributed by atoms with Crippen molar-refractivity contribution < 1.29 is 14.7 Å². The monoisotopic (exact) mass is 316 g/mol. The Morgan fingerprint density at radius 3 is 2.70 bits per heavy atom. The molecule has 0 aromatic heterocycles. The van der Waals surface area contributed by atoms with Crippen LogP contribution in [0, 0.1) is 29.1 Å². The number of Topliss-reactive ketones (excluding diaryl/α,β-unsaturated/α-hetero) is 1. The maximum Gasteiger partial charge on any atom is 0.169 e. The Kier molecular flexibility index (Phi) is 4.12. The number of rotatable bonds is 2. The predicted molar refractivity (Wildman–Crippen MR) is 89.7 cm³/mol. The fourth-order valence-electron chi connectivity index (χ4n) is 5.24. The minimum absolute atomic E-state index is 0.0702. The standard InChI is InChI=1S/C20H28O3/c1-11(2)14-7-8-20(4)9-15-12(3)18(22)19(23)17(15)13(10-21)5-6-16(14)20/h5,10-12,15,17-18,22H,6-9H2,1-4H3. The summed E-state index contributed by atoms with van der Waals surface area (Å²) in [5, 5.41) is 10.3. The molecular weight excluding hydrogens is 288 g/mol. The number of allylic oxidation sites excluding steroid dienone is 4. The third kappa shape index (κ3) is 2.44. The third-order valence-electron chi connectivity index (χ3n) is 6.68. The van der Waals surface area contributed by atoms with Gasteiger partial charge < -0.3 is 5.11 Å². The van der Waals surface area contributed by atoms with E-state index in [2.05, 4.69) is 20.8 Å². The van der Waals surface area contributed by atoms with E-state index in [1.54, 1.807) is 0 Å². The van der Waals surface area contributed by atoms with Gasteiger partial charge in [-0.25, -0.2) is 0 Å². The normalized spacial score (nSPS) is 40.6. The molecule has 0 aromatic rings. The highest BCUT2D eigenvalue weighted by molar-refractivity contribution is 5.96. The van der Waals surface area contributed by atoms with Crippen LogP contribution in [0.4, 0.5) is 0 Å². The van der Waals surface area contributed by atoms with Crippen molar-refractivity contribution in [3.8, 4) is 0 Å². The van der Waals surface area contributed by atoms with E-state index in [1.165, 1.54) is 11.1 Å². The van der Waals surface area contributed by atoms with Gasteiger partial charge in [0.1, 0.15) is 12.4 Å². The Balaban J connectivity index is 2.10. The molecular formula is C20H28O3. The lowest BCUT2D eigenvalue weighted by molar-refractivity contribution is -0.128. The average Bonchev–Trinajstić information content (AvgIpc) is 2.91. The molecule has 0 aromatic carbocycles. The van der Waals surface area contributed by atoms with Gasteiger partial charge in [-0.15, -0.1) is 0 Å². The molecule has 0 bridgehead atoms. The number of aldehydes is 1. The van der Waals surface area contributed by atoms with E-state index < -0.39 is 12.0 Å². The zero-order valence-electron chi connectivity index (χ0n) is 14.6. The molecule has 1 N–H and O–H groups in total. The Bertz CT molecular complexity index is 598. The third-order valence-corrected chi connectivity index (χ3v) is 6.68. The van der Waals surface area contributed by atoms with Crippen LogP contribution in [-0.2, 0) is 9.59 Å². The lowest BCUT2D eigenvalue weighted by atomic mass is 9.67. The Morgan fingerprint density at radius 2 is 2.09 bits per heavy atom. The average molecular weight is 316 g/mol. The van der Waals surface area contributed by atoms with Crippen molar-refractivity contribution in [3.05, 3.63) is 22.8 Å². The molecule has 0 spiro atoms. The van der Waals surface area contributed by atoms with E-state index in [9.17, 15) is 14.7 Å². The number of fused-ring (bicyclic) bond motifs is 2. The van der Waals surface area contributed by atoms with Gasteiger partial charge in [-0.2, -0.15) is 0 Å². The largest absolute Gasteiger partial charge is 0.385 e. The summed E-state index contributed by atoms with van der Waals surface area (Å²) >= 11 is 0. The van der Waals surface area contributed by atoms with Crippen LogP contribution in [0.15, 0.2) is 22.8 Å². The van der Waals surface area contributed by atoms with Crippen molar-refractivity contribution in [2.75, 3.05) is 0 Å². The summed E-state index contributed by atoms with van der Waals surface area (Å²) in [6.07, 6.45) is 5.81. The molecule has 126 valence electrons. The quantitative estimate of drug-likeness (QED) is 0.627. The topological polar surface area (TPSA) is 54.4 Å². The maximum absolute atomic E-state index is 12.5. The summed E-state index contributed by atoms with van der Waals surface area (Å²) in [4.78, 5) is 24.1. The summed E-state index contributed by atoms with van der Waals surface area (Å²) in [6.45, 7) is 8.76. The number of hydrogen-bond acceptors (Lipinski definition) is 3. The summed E-state index contributed by atoms with van der Waals surface area (Å²) < 4.78 is 0. The van der Waals surface area contributed by atoms with Crippen LogP contribution in [0.25, 0.3) is 0 Å². The molecule has 3 aliphatic rings. The zero-order valence-corrected chi connectivity index (χ0v) is 14.6. The van der Waals surface area contributed by atoms with E-state index in [1.807, 2.05) is 13.0 Å². The SMILES string of the molecule is CC(C)C1=C2CC=C(C=O)C3C(=O)C(O)C(C)C3CC2(C)CC1. The van der Waals surface area contributed by atoms with Gasteiger partial charge in [-0.05, 0) is 54.4 Å². The van der Waals surface area contributed by atoms with Gasteiger partial charge in [0.15, 0.2) is 5.78 Å². The first-order valence-electron chi connectivity index (χ1n) is 8.89. The van der Waals surface area contributed by atoms with Crippen molar-refractivity contribution in [2.24, 2.45) is 29.1 Å².